The van der Waals surface area contributed by atoms with E-state index in [2.05, 4.69) is 15.6 Å². The zero-order chi connectivity index (χ0) is 22.3. The van der Waals surface area contributed by atoms with Gasteiger partial charge in [0.15, 0.2) is 0 Å². The molecule has 8 nitrogen and oxygen atoms in total. The number of imide groups is 1. The second kappa shape index (κ2) is 7.64. The third-order valence-electron chi connectivity index (χ3n) is 6.30. The van der Waals surface area contributed by atoms with Crippen molar-refractivity contribution in [2.24, 2.45) is 0 Å². The summed E-state index contributed by atoms with van der Waals surface area (Å²) in [6.45, 7) is 1.55. The van der Waals surface area contributed by atoms with E-state index in [0.717, 1.165) is 27.3 Å². The summed E-state index contributed by atoms with van der Waals surface area (Å²) < 4.78 is 1.89. The molecule has 2 heterocycles. The summed E-state index contributed by atoms with van der Waals surface area (Å²) in [5, 5.41) is 5.73. The van der Waals surface area contributed by atoms with Gasteiger partial charge in [-0.2, -0.15) is 0 Å². The third-order valence-corrected chi connectivity index (χ3v) is 6.30. The molecule has 2 aromatic carbocycles. The van der Waals surface area contributed by atoms with E-state index in [0.29, 0.717) is 12.8 Å². The van der Waals surface area contributed by atoms with E-state index in [9.17, 15) is 14.4 Å². The van der Waals surface area contributed by atoms with Gasteiger partial charge in [0.05, 0.1) is 12.4 Å². The molecule has 162 valence electrons. The summed E-state index contributed by atoms with van der Waals surface area (Å²) in [4.78, 5) is 43.5. The molecule has 4 amide bonds. The Labute approximate surface area is 185 Å². The minimum absolute atomic E-state index is 0.277. The summed E-state index contributed by atoms with van der Waals surface area (Å²) >= 11 is 0. The van der Waals surface area contributed by atoms with Crippen molar-refractivity contribution in [2.45, 2.75) is 31.3 Å². The molecule has 0 bridgehead atoms. The quantitative estimate of drug-likeness (QED) is 0.609. The topological polar surface area (TPSA) is 96.3 Å². The van der Waals surface area contributed by atoms with E-state index in [-0.39, 0.29) is 24.4 Å². The van der Waals surface area contributed by atoms with E-state index in [1.807, 2.05) is 66.2 Å². The van der Waals surface area contributed by atoms with Crippen LogP contribution in [0.4, 0.5) is 4.79 Å². The number of fused-ring (bicyclic) bond motifs is 2. The third kappa shape index (κ3) is 3.24. The van der Waals surface area contributed by atoms with Gasteiger partial charge in [0.1, 0.15) is 12.1 Å². The zero-order valence-electron chi connectivity index (χ0n) is 17.6. The molecule has 8 heteroatoms. The predicted molar refractivity (Wildman–Crippen MR) is 117 cm³/mol. The molecule has 1 saturated heterocycles. The van der Waals surface area contributed by atoms with Crippen molar-refractivity contribution in [1.29, 1.82) is 0 Å². The average Bonchev–Trinajstić information content (AvgIpc) is 3.51. The maximum atomic E-state index is 13.2. The van der Waals surface area contributed by atoms with Crippen LogP contribution >= 0.6 is 0 Å². The highest BCUT2D eigenvalue weighted by atomic mass is 16.2. The number of nitrogens with one attached hydrogen (secondary N) is 2. The van der Waals surface area contributed by atoms with E-state index in [1.54, 1.807) is 12.5 Å². The van der Waals surface area contributed by atoms with Crippen molar-refractivity contribution in [1.82, 2.24) is 25.1 Å². The Hall–Kier alpha value is -3.94. The van der Waals surface area contributed by atoms with Gasteiger partial charge in [-0.25, -0.2) is 9.78 Å². The lowest BCUT2D eigenvalue weighted by Crippen LogP contribution is -2.44. The van der Waals surface area contributed by atoms with Crippen LogP contribution < -0.4 is 10.6 Å². The molecule has 2 atom stereocenters. The van der Waals surface area contributed by atoms with Gasteiger partial charge in [0.2, 0.25) is 5.91 Å². The Bertz CT molecular complexity index is 1190. The maximum Gasteiger partial charge on any atom is 0.325 e. The first-order chi connectivity index (χ1) is 15.5. The summed E-state index contributed by atoms with van der Waals surface area (Å²) in [5.74, 6) is -0.747. The molecule has 32 heavy (non-hydrogen) atoms. The fourth-order valence-electron chi connectivity index (χ4n) is 4.59. The monoisotopic (exact) mass is 429 g/mol. The Morgan fingerprint density at radius 2 is 1.97 bits per heavy atom. The lowest BCUT2D eigenvalue weighted by Gasteiger charge is -2.22. The molecule has 0 saturated carbocycles. The number of aryl methyl sites for hydroxylation is 1. The number of hydrogen-bond donors (Lipinski definition) is 2. The van der Waals surface area contributed by atoms with Crippen LogP contribution in [-0.2, 0) is 21.5 Å². The van der Waals surface area contributed by atoms with Crippen molar-refractivity contribution >= 4 is 17.8 Å². The predicted octanol–water partition coefficient (Wildman–Crippen LogP) is 2.44. The van der Waals surface area contributed by atoms with Crippen molar-refractivity contribution in [3.8, 4) is 5.69 Å². The largest absolute Gasteiger partial charge is 0.348 e. The van der Waals surface area contributed by atoms with Gasteiger partial charge in [0.25, 0.3) is 5.91 Å². The Morgan fingerprint density at radius 3 is 2.72 bits per heavy atom. The Morgan fingerprint density at radius 1 is 1.19 bits per heavy atom. The average molecular weight is 429 g/mol. The highest BCUT2D eigenvalue weighted by Crippen LogP contribution is 2.41. The number of benzene rings is 2. The van der Waals surface area contributed by atoms with Crippen LogP contribution in [0.2, 0.25) is 0 Å². The number of carbonyl (C=O) groups is 3. The van der Waals surface area contributed by atoms with Crippen LogP contribution in [0.3, 0.4) is 0 Å². The summed E-state index contributed by atoms with van der Waals surface area (Å²) in [6.07, 6.45) is 6.51. The second-order valence-corrected chi connectivity index (χ2v) is 8.23. The van der Waals surface area contributed by atoms with Crippen LogP contribution in [-0.4, -0.2) is 38.8 Å². The minimum Gasteiger partial charge on any atom is -0.348 e. The van der Waals surface area contributed by atoms with Crippen molar-refractivity contribution < 1.29 is 14.4 Å². The maximum absolute atomic E-state index is 13.2. The molecule has 0 radical (unpaired) electrons. The van der Waals surface area contributed by atoms with Crippen molar-refractivity contribution in [2.75, 3.05) is 6.54 Å². The van der Waals surface area contributed by atoms with Crippen LogP contribution in [0, 0.1) is 0 Å². The lowest BCUT2D eigenvalue weighted by atomic mass is 9.92. The van der Waals surface area contributed by atoms with Gasteiger partial charge >= 0.3 is 6.03 Å². The normalized spacial score (nSPS) is 20.3. The molecule has 3 aromatic rings. The zero-order valence-corrected chi connectivity index (χ0v) is 17.6. The summed E-state index contributed by atoms with van der Waals surface area (Å²) in [7, 11) is 0. The molecule has 2 N–H and O–H groups in total. The molecule has 2 aliphatic rings. The van der Waals surface area contributed by atoms with E-state index >= 15 is 0 Å². The van der Waals surface area contributed by atoms with Crippen LogP contribution in [0.5, 0.6) is 0 Å². The molecule has 0 unspecified atom stereocenters. The van der Waals surface area contributed by atoms with Gasteiger partial charge in [0, 0.05) is 18.1 Å². The molecular formula is C24H23N5O3. The Balaban J connectivity index is 1.25. The van der Waals surface area contributed by atoms with Crippen molar-refractivity contribution in [3.05, 3.63) is 83.9 Å². The minimum atomic E-state index is -1.05. The highest BCUT2D eigenvalue weighted by molar-refractivity contribution is 6.09. The number of rotatable bonds is 5. The van der Waals surface area contributed by atoms with E-state index < -0.39 is 11.6 Å². The van der Waals surface area contributed by atoms with Crippen LogP contribution in [0.25, 0.3) is 5.69 Å². The van der Waals surface area contributed by atoms with Crippen molar-refractivity contribution in [3.63, 3.8) is 0 Å². The van der Waals surface area contributed by atoms with Crippen LogP contribution in [0.1, 0.15) is 36.1 Å². The van der Waals surface area contributed by atoms with E-state index in [1.165, 1.54) is 0 Å². The number of hydrogen-bond acceptors (Lipinski definition) is 4. The SMILES string of the molecule is C[C@H](NC(=O)CN1C(=O)N[C@]2(CCc3ccccc32)C1=O)c1ccc(-n2ccnc2)cc1. The smallest absolute Gasteiger partial charge is 0.325 e. The summed E-state index contributed by atoms with van der Waals surface area (Å²) in [5.41, 5.74) is 2.71. The number of imidazole rings is 1. The molecule has 5 rings (SSSR count). The Kier molecular flexibility index (Phi) is 4.77. The molecule has 1 fully saturated rings. The van der Waals surface area contributed by atoms with Crippen LogP contribution in [0.15, 0.2) is 67.3 Å². The fraction of sp³-hybridized carbons (Fsp3) is 0.250. The fourth-order valence-corrected chi connectivity index (χ4v) is 4.59. The molecule has 1 aromatic heterocycles. The molecular weight excluding hydrogens is 406 g/mol. The number of aromatic nitrogens is 2. The molecule has 1 aliphatic carbocycles. The number of amides is 4. The first-order valence-corrected chi connectivity index (χ1v) is 10.6. The van der Waals surface area contributed by atoms with Gasteiger partial charge in [-0.15, -0.1) is 0 Å². The lowest BCUT2D eigenvalue weighted by molar-refractivity contribution is -0.135. The first-order valence-electron chi connectivity index (χ1n) is 10.6. The summed E-state index contributed by atoms with van der Waals surface area (Å²) in [6, 6.07) is 14.6. The number of urea groups is 1. The standard InChI is InChI=1S/C24H23N5O3/c1-16(17-6-8-19(9-7-17)28-13-12-25-15-28)26-21(30)14-29-22(31)24(27-23(29)32)11-10-18-4-2-3-5-20(18)24/h2-9,12-13,15-16H,10-11,14H2,1H3,(H,26,30)(H,27,32)/t16-,24-/m0/s1. The second-order valence-electron chi connectivity index (χ2n) is 8.23. The van der Waals surface area contributed by atoms with Gasteiger partial charge in [-0.3, -0.25) is 14.5 Å². The highest BCUT2D eigenvalue weighted by Gasteiger charge is 2.55. The first kappa shape index (κ1) is 20.0. The number of nitrogens with zero attached hydrogens (tertiary/aromatic N) is 3. The van der Waals surface area contributed by atoms with Gasteiger partial charge in [-0.05, 0) is 48.6 Å². The molecule has 1 spiro atoms. The van der Waals surface area contributed by atoms with E-state index in [4.69, 9.17) is 0 Å². The van der Waals surface area contributed by atoms with Gasteiger partial charge in [-0.1, -0.05) is 36.4 Å². The number of carbonyl (C=O) groups excluding carboxylic acids is 3. The molecule has 1 aliphatic heterocycles. The van der Waals surface area contributed by atoms with Gasteiger partial charge < -0.3 is 15.2 Å².